The maximum absolute atomic E-state index is 11.5. The highest BCUT2D eigenvalue weighted by molar-refractivity contribution is 9.18. The average molecular weight is 337 g/mol. The number of carboxylic acids is 1. The predicted molar refractivity (Wildman–Crippen MR) is 71.3 cm³/mol. The second-order valence-electron chi connectivity index (χ2n) is 5.17. The van der Waals surface area contributed by atoms with Gasteiger partial charge in [0.15, 0.2) is 0 Å². The van der Waals surface area contributed by atoms with Gasteiger partial charge in [-0.3, -0.25) is 0 Å². The summed E-state index contributed by atoms with van der Waals surface area (Å²) in [7, 11) is 0. The van der Waals surface area contributed by atoms with Gasteiger partial charge in [-0.1, -0.05) is 5.16 Å². The van der Waals surface area contributed by atoms with Crippen molar-refractivity contribution >= 4 is 32.6 Å². The average Bonchev–Trinajstić information content (AvgIpc) is 2.60. The maximum atomic E-state index is 11.5. The van der Waals surface area contributed by atoms with Crippen molar-refractivity contribution in [3.8, 4) is 0 Å². The van der Waals surface area contributed by atoms with E-state index >= 15 is 0 Å². The Labute approximate surface area is 119 Å². The predicted octanol–water partition coefficient (Wildman–Crippen LogP) is 1.85. The lowest BCUT2D eigenvalue weighted by molar-refractivity contribution is -0.140. The highest BCUT2D eigenvalue weighted by Gasteiger charge is 2.30. The molecule has 1 unspecified atom stereocenters. The van der Waals surface area contributed by atoms with Crippen molar-refractivity contribution in [3.63, 3.8) is 0 Å². The maximum Gasteiger partial charge on any atom is 0.408 e. The number of alkyl carbamates (subject to hydrolysis) is 1. The lowest BCUT2D eigenvalue weighted by Crippen LogP contribution is -2.45. The minimum Gasteiger partial charge on any atom is -0.480 e. The van der Waals surface area contributed by atoms with Crippen molar-refractivity contribution < 1.29 is 24.3 Å². The minimum absolute atomic E-state index is 0.118. The highest BCUT2D eigenvalue weighted by atomic mass is 79.9. The molecule has 0 aliphatic carbocycles. The molecule has 0 aromatic carbocycles. The van der Waals surface area contributed by atoms with Crippen LogP contribution in [0.1, 0.15) is 33.6 Å². The molecule has 19 heavy (non-hydrogen) atoms. The van der Waals surface area contributed by atoms with E-state index in [2.05, 4.69) is 26.4 Å². The summed E-state index contributed by atoms with van der Waals surface area (Å²) in [5.74, 6) is -1.14. The van der Waals surface area contributed by atoms with Gasteiger partial charge in [0.1, 0.15) is 22.4 Å². The lowest BCUT2D eigenvalue weighted by atomic mass is 10.1. The van der Waals surface area contributed by atoms with Gasteiger partial charge in [0.25, 0.3) is 0 Å². The standard InChI is InChI=1S/C11H17BrN2O5/c1-11(2,3)18-10(17)13-7(9(15)16)4-6-5-8(12)14-19-6/h6-7H,4-5H2,1-3H3,(H,13,17)(H,15,16)/t6?,7-/m0/s1. The van der Waals surface area contributed by atoms with E-state index in [1.807, 2.05) is 0 Å². The number of aliphatic carboxylic acids is 1. The molecule has 0 bridgehead atoms. The molecule has 0 saturated carbocycles. The van der Waals surface area contributed by atoms with Gasteiger partial charge in [0.2, 0.25) is 0 Å². The Morgan fingerprint density at radius 1 is 1.63 bits per heavy atom. The Morgan fingerprint density at radius 3 is 2.68 bits per heavy atom. The van der Waals surface area contributed by atoms with Crippen molar-refractivity contribution in [1.29, 1.82) is 0 Å². The summed E-state index contributed by atoms with van der Waals surface area (Å²) >= 11 is 3.16. The fourth-order valence-electron chi connectivity index (χ4n) is 1.45. The molecular weight excluding hydrogens is 320 g/mol. The summed E-state index contributed by atoms with van der Waals surface area (Å²) in [5, 5.41) is 15.0. The molecule has 0 aromatic rings. The molecule has 2 N–H and O–H groups in total. The number of halogens is 1. The number of oxime groups is 1. The summed E-state index contributed by atoms with van der Waals surface area (Å²) in [6.45, 7) is 5.11. The van der Waals surface area contributed by atoms with Crippen LogP contribution >= 0.6 is 15.9 Å². The second kappa shape index (κ2) is 6.23. The van der Waals surface area contributed by atoms with Crippen molar-refractivity contribution in [3.05, 3.63) is 0 Å². The molecular formula is C11H17BrN2O5. The topological polar surface area (TPSA) is 97.2 Å². The molecule has 0 saturated heterocycles. The van der Waals surface area contributed by atoms with E-state index in [4.69, 9.17) is 14.7 Å². The zero-order chi connectivity index (χ0) is 14.6. The van der Waals surface area contributed by atoms with E-state index in [1.165, 1.54) is 0 Å². The molecule has 0 aromatic heterocycles. The first-order chi connectivity index (χ1) is 8.67. The van der Waals surface area contributed by atoms with Crippen LogP contribution in [0, 0.1) is 0 Å². The van der Waals surface area contributed by atoms with E-state index in [9.17, 15) is 9.59 Å². The number of nitrogens with one attached hydrogen (secondary N) is 1. The number of ether oxygens (including phenoxy) is 1. The first-order valence-corrected chi connectivity index (χ1v) is 6.57. The number of carbonyl (C=O) groups is 2. The van der Waals surface area contributed by atoms with Crippen LogP contribution < -0.4 is 5.32 Å². The Kier molecular flexibility index (Phi) is 5.16. The van der Waals surface area contributed by atoms with Crippen LogP contribution in [0.25, 0.3) is 0 Å². The quantitative estimate of drug-likeness (QED) is 0.816. The Morgan fingerprint density at radius 2 is 2.26 bits per heavy atom. The van der Waals surface area contributed by atoms with Gasteiger partial charge >= 0.3 is 12.1 Å². The summed E-state index contributed by atoms with van der Waals surface area (Å²) in [6.07, 6.45) is -0.532. The second-order valence-corrected chi connectivity index (χ2v) is 6.09. The number of carbonyl (C=O) groups excluding carboxylic acids is 1. The summed E-state index contributed by atoms with van der Waals surface area (Å²) in [6, 6.07) is -1.08. The van der Waals surface area contributed by atoms with E-state index in [0.717, 1.165) is 0 Å². The van der Waals surface area contributed by atoms with Crippen LogP contribution in [0.2, 0.25) is 0 Å². The molecule has 1 aliphatic rings. The largest absolute Gasteiger partial charge is 0.480 e. The van der Waals surface area contributed by atoms with Gasteiger partial charge in [-0.05, 0) is 36.7 Å². The van der Waals surface area contributed by atoms with Crippen molar-refractivity contribution in [2.24, 2.45) is 5.16 Å². The SMILES string of the molecule is CC(C)(C)OC(=O)N[C@@H](CC1CC(Br)=NO1)C(=O)O. The van der Waals surface area contributed by atoms with Gasteiger partial charge < -0.3 is 20.0 Å². The zero-order valence-corrected chi connectivity index (χ0v) is 12.6. The zero-order valence-electron chi connectivity index (χ0n) is 11.0. The van der Waals surface area contributed by atoms with E-state index in [0.29, 0.717) is 11.0 Å². The van der Waals surface area contributed by atoms with Gasteiger partial charge in [-0.15, -0.1) is 0 Å². The van der Waals surface area contributed by atoms with Gasteiger partial charge in [-0.2, -0.15) is 0 Å². The Balaban J connectivity index is 2.50. The van der Waals surface area contributed by atoms with Gasteiger partial charge in [-0.25, -0.2) is 9.59 Å². The molecule has 1 aliphatic heterocycles. The molecule has 0 spiro atoms. The Bertz CT molecular complexity index is 391. The Hall–Kier alpha value is -1.31. The summed E-state index contributed by atoms with van der Waals surface area (Å²) in [4.78, 5) is 27.6. The van der Waals surface area contributed by atoms with Crippen LogP contribution in [0.4, 0.5) is 4.79 Å². The van der Waals surface area contributed by atoms with Crippen molar-refractivity contribution in [2.45, 2.75) is 51.4 Å². The number of carboxylic acid groups (broad SMARTS) is 1. The lowest BCUT2D eigenvalue weighted by Gasteiger charge is -2.22. The first-order valence-electron chi connectivity index (χ1n) is 5.78. The highest BCUT2D eigenvalue weighted by Crippen LogP contribution is 2.19. The number of hydrogen-bond donors (Lipinski definition) is 2. The molecule has 108 valence electrons. The van der Waals surface area contributed by atoms with Crippen LogP contribution in [-0.4, -0.2) is 39.5 Å². The fraction of sp³-hybridized carbons (Fsp3) is 0.727. The number of amides is 1. The number of hydrogen-bond acceptors (Lipinski definition) is 5. The molecule has 0 fully saturated rings. The number of rotatable bonds is 4. The van der Waals surface area contributed by atoms with Crippen LogP contribution in [0.15, 0.2) is 5.16 Å². The molecule has 7 nitrogen and oxygen atoms in total. The van der Waals surface area contributed by atoms with Gasteiger partial charge in [0, 0.05) is 12.8 Å². The minimum atomic E-state index is -1.14. The monoisotopic (exact) mass is 336 g/mol. The molecule has 1 rings (SSSR count). The molecule has 8 heteroatoms. The third-order valence-corrected chi connectivity index (χ3v) is 2.65. The third kappa shape index (κ3) is 5.91. The van der Waals surface area contributed by atoms with Crippen LogP contribution in [0.3, 0.4) is 0 Å². The fourth-order valence-corrected chi connectivity index (χ4v) is 1.90. The van der Waals surface area contributed by atoms with E-state index in [1.54, 1.807) is 20.8 Å². The number of nitrogens with zero attached hydrogens (tertiary/aromatic N) is 1. The normalized spacial score (nSPS) is 20.2. The third-order valence-electron chi connectivity index (χ3n) is 2.18. The molecule has 1 amide bonds. The first kappa shape index (κ1) is 15.7. The van der Waals surface area contributed by atoms with Crippen molar-refractivity contribution in [1.82, 2.24) is 5.32 Å². The molecule has 0 radical (unpaired) electrons. The van der Waals surface area contributed by atoms with Crippen LogP contribution in [-0.2, 0) is 14.4 Å². The summed E-state index contributed by atoms with van der Waals surface area (Å²) in [5.41, 5.74) is -0.677. The molecule has 2 atom stereocenters. The van der Waals surface area contributed by atoms with Crippen molar-refractivity contribution in [2.75, 3.05) is 0 Å². The smallest absolute Gasteiger partial charge is 0.408 e. The van der Waals surface area contributed by atoms with Crippen LogP contribution in [0.5, 0.6) is 0 Å². The summed E-state index contributed by atoms with van der Waals surface area (Å²) < 4.78 is 5.64. The van der Waals surface area contributed by atoms with E-state index < -0.39 is 23.7 Å². The van der Waals surface area contributed by atoms with Gasteiger partial charge in [0.05, 0.1) is 0 Å². The molecule has 1 heterocycles. The van der Waals surface area contributed by atoms with E-state index in [-0.39, 0.29) is 12.5 Å².